The van der Waals surface area contributed by atoms with Gasteiger partial charge in [0.25, 0.3) is 5.91 Å². The van der Waals surface area contributed by atoms with Crippen LogP contribution in [0.15, 0.2) is 59.7 Å². The first-order valence-electron chi connectivity index (χ1n) is 8.35. The van der Waals surface area contributed by atoms with Crippen LogP contribution in [-0.4, -0.2) is 25.8 Å². The number of methoxy groups -OCH3 is 1. The van der Waals surface area contributed by atoms with Crippen molar-refractivity contribution in [1.82, 2.24) is 5.43 Å². The van der Waals surface area contributed by atoms with Crippen molar-refractivity contribution in [2.45, 2.75) is 6.92 Å². The van der Waals surface area contributed by atoms with E-state index in [9.17, 15) is 4.79 Å². The van der Waals surface area contributed by atoms with Gasteiger partial charge in [-0.2, -0.15) is 5.10 Å². The molecular weight excluding hydrogens is 364 g/mol. The molecule has 0 aliphatic rings. The maximum absolute atomic E-state index is 12.0. The SMILES string of the molecule is COc1ccc2ccccc2c1/C=N/NC(=O)COc1ccc(Cl)cc1C. The molecule has 5 nitrogen and oxygen atoms in total. The molecule has 0 bridgehead atoms. The van der Waals surface area contributed by atoms with Gasteiger partial charge in [-0.15, -0.1) is 0 Å². The summed E-state index contributed by atoms with van der Waals surface area (Å²) in [5.41, 5.74) is 4.13. The Hall–Kier alpha value is -3.05. The molecule has 3 aromatic carbocycles. The molecule has 3 rings (SSSR count). The van der Waals surface area contributed by atoms with Crippen LogP contribution in [0.5, 0.6) is 11.5 Å². The molecule has 138 valence electrons. The summed E-state index contributed by atoms with van der Waals surface area (Å²) < 4.78 is 10.9. The first kappa shape index (κ1) is 18.7. The second-order valence-electron chi connectivity index (χ2n) is 5.89. The lowest BCUT2D eigenvalue weighted by molar-refractivity contribution is -0.123. The Balaban J connectivity index is 1.66. The largest absolute Gasteiger partial charge is 0.496 e. The number of nitrogens with zero attached hydrogens (tertiary/aromatic N) is 1. The van der Waals surface area contributed by atoms with Crippen molar-refractivity contribution < 1.29 is 14.3 Å². The molecule has 1 N–H and O–H groups in total. The molecule has 1 amide bonds. The van der Waals surface area contributed by atoms with Crippen molar-refractivity contribution in [1.29, 1.82) is 0 Å². The van der Waals surface area contributed by atoms with Gasteiger partial charge in [-0.1, -0.05) is 41.9 Å². The lowest BCUT2D eigenvalue weighted by Gasteiger charge is -2.09. The Kier molecular flexibility index (Phi) is 5.94. The van der Waals surface area contributed by atoms with Crippen LogP contribution in [-0.2, 0) is 4.79 Å². The molecule has 0 saturated heterocycles. The van der Waals surface area contributed by atoms with Crippen molar-refractivity contribution in [2.75, 3.05) is 13.7 Å². The van der Waals surface area contributed by atoms with Crippen LogP contribution in [0.25, 0.3) is 10.8 Å². The maximum Gasteiger partial charge on any atom is 0.277 e. The molecule has 0 unspecified atom stereocenters. The highest BCUT2D eigenvalue weighted by Gasteiger charge is 2.07. The monoisotopic (exact) mass is 382 g/mol. The summed E-state index contributed by atoms with van der Waals surface area (Å²) in [5.74, 6) is 0.925. The normalized spacial score (nSPS) is 10.9. The van der Waals surface area contributed by atoms with E-state index >= 15 is 0 Å². The topological polar surface area (TPSA) is 59.9 Å². The van der Waals surface area contributed by atoms with Crippen LogP contribution in [0.4, 0.5) is 0 Å². The molecule has 0 heterocycles. The number of rotatable bonds is 6. The van der Waals surface area contributed by atoms with Crippen LogP contribution in [0.1, 0.15) is 11.1 Å². The smallest absolute Gasteiger partial charge is 0.277 e. The zero-order valence-electron chi connectivity index (χ0n) is 15.0. The van der Waals surface area contributed by atoms with Crippen LogP contribution in [0, 0.1) is 6.92 Å². The van der Waals surface area contributed by atoms with Crippen molar-refractivity contribution >= 4 is 34.5 Å². The van der Waals surface area contributed by atoms with Gasteiger partial charge in [0.15, 0.2) is 6.61 Å². The summed E-state index contributed by atoms with van der Waals surface area (Å²) in [4.78, 5) is 12.0. The average molecular weight is 383 g/mol. The van der Waals surface area contributed by atoms with Gasteiger partial charge in [-0.05, 0) is 47.5 Å². The Bertz CT molecular complexity index is 1000. The Labute approximate surface area is 162 Å². The van der Waals surface area contributed by atoms with Crippen LogP contribution >= 0.6 is 11.6 Å². The Morgan fingerprint density at radius 2 is 1.93 bits per heavy atom. The molecule has 0 aliphatic carbocycles. The molecule has 3 aromatic rings. The second-order valence-corrected chi connectivity index (χ2v) is 6.33. The van der Waals surface area contributed by atoms with Crippen molar-refractivity contribution in [2.24, 2.45) is 5.10 Å². The van der Waals surface area contributed by atoms with Gasteiger partial charge < -0.3 is 9.47 Å². The molecule has 0 spiro atoms. The number of carbonyl (C=O) groups excluding carboxylic acids is 1. The van der Waals surface area contributed by atoms with E-state index in [4.69, 9.17) is 21.1 Å². The third-order valence-corrected chi connectivity index (χ3v) is 4.26. The predicted molar refractivity (Wildman–Crippen MR) is 108 cm³/mol. The highest BCUT2D eigenvalue weighted by atomic mass is 35.5. The average Bonchev–Trinajstić information content (AvgIpc) is 2.67. The summed E-state index contributed by atoms with van der Waals surface area (Å²) in [5, 5.41) is 6.72. The summed E-state index contributed by atoms with van der Waals surface area (Å²) in [6, 6.07) is 17.0. The highest BCUT2D eigenvalue weighted by molar-refractivity contribution is 6.30. The first-order chi connectivity index (χ1) is 13.1. The fourth-order valence-corrected chi connectivity index (χ4v) is 2.93. The number of hydrogen-bond acceptors (Lipinski definition) is 4. The first-order valence-corrected chi connectivity index (χ1v) is 8.73. The minimum Gasteiger partial charge on any atom is -0.496 e. The number of nitrogens with one attached hydrogen (secondary N) is 1. The number of ether oxygens (including phenoxy) is 2. The molecule has 0 saturated carbocycles. The number of amides is 1. The summed E-state index contributed by atoms with van der Waals surface area (Å²) in [7, 11) is 1.60. The zero-order chi connectivity index (χ0) is 19.2. The minimum absolute atomic E-state index is 0.146. The Morgan fingerprint density at radius 1 is 1.15 bits per heavy atom. The molecular formula is C21H19ClN2O3. The molecule has 27 heavy (non-hydrogen) atoms. The zero-order valence-corrected chi connectivity index (χ0v) is 15.8. The second kappa shape index (κ2) is 8.56. The fourth-order valence-electron chi connectivity index (χ4n) is 2.71. The number of aryl methyl sites for hydroxylation is 1. The number of benzene rings is 3. The van der Waals surface area contributed by atoms with Gasteiger partial charge in [-0.25, -0.2) is 5.43 Å². The van der Waals surface area contributed by atoms with E-state index in [1.54, 1.807) is 31.5 Å². The standard InChI is InChI=1S/C21H19ClN2O3/c1-14-11-16(22)8-10-19(14)27-13-21(25)24-23-12-18-17-6-4-3-5-15(17)7-9-20(18)26-2/h3-12H,13H2,1-2H3,(H,24,25)/b23-12+. The van der Waals surface area contributed by atoms with E-state index in [0.29, 0.717) is 16.5 Å². The molecule has 0 fully saturated rings. The third-order valence-electron chi connectivity index (χ3n) is 4.03. The fraction of sp³-hybridized carbons (Fsp3) is 0.143. The van der Waals surface area contributed by atoms with Crippen molar-refractivity contribution in [3.8, 4) is 11.5 Å². The van der Waals surface area contributed by atoms with E-state index in [1.165, 1.54) is 0 Å². The number of carbonyl (C=O) groups is 1. The van der Waals surface area contributed by atoms with Gasteiger partial charge in [-0.3, -0.25) is 4.79 Å². The summed E-state index contributed by atoms with van der Waals surface area (Å²) >= 11 is 5.91. The molecule has 0 aliphatic heterocycles. The van der Waals surface area contributed by atoms with Crippen molar-refractivity contribution in [3.63, 3.8) is 0 Å². The van der Waals surface area contributed by atoms with E-state index < -0.39 is 0 Å². The number of halogens is 1. The minimum atomic E-state index is -0.361. The van der Waals surface area contributed by atoms with Crippen molar-refractivity contribution in [3.05, 3.63) is 70.7 Å². The third kappa shape index (κ3) is 4.57. The van der Waals surface area contributed by atoms with Gasteiger partial charge in [0.05, 0.1) is 13.3 Å². The van der Waals surface area contributed by atoms with E-state index in [0.717, 1.165) is 21.9 Å². The molecule has 0 aromatic heterocycles. The summed E-state index contributed by atoms with van der Waals surface area (Å²) in [6.07, 6.45) is 1.58. The molecule has 0 atom stereocenters. The lowest BCUT2D eigenvalue weighted by atomic mass is 10.0. The highest BCUT2D eigenvalue weighted by Crippen LogP contribution is 2.26. The van der Waals surface area contributed by atoms with E-state index in [1.807, 2.05) is 43.3 Å². The predicted octanol–water partition coefficient (Wildman–Crippen LogP) is 4.34. The van der Waals surface area contributed by atoms with Gasteiger partial charge >= 0.3 is 0 Å². The number of hydrogen-bond donors (Lipinski definition) is 1. The van der Waals surface area contributed by atoms with Crippen LogP contribution in [0.3, 0.4) is 0 Å². The van der Waals surface area contributed by atoms with E-state index in [-0.39, 0.29) is 12.5 Å². The van der Waals surface area contributed by atoms with Crippen LogP contribution in [0.2, 0.25) is 5.02 Å². The van der Waals surface area contributed by atoms with Gasteiger partial charge in [0.1, 0.15) is 11.5 Å². The summed E-state index contributed by atoms with van der Waals surface area (Å²) in [6.45, 7) is 1.72. The number of fused-ring (bicyclic) bond motifs is 1. The quantitative estimate of drug-likeness (QED) is 0.509. The Morgan fingerprint density at radius 3 is 2.70 bits per heavy atom. The van der Waals surface area contributed by atoms with Crippen LogP contribution < -0.4 is 14.9 Å². The molecule has 6 heteroatoms. The number of hydrazone groups is 1. The van der Waals surface area contributed by atoms with Gasteiger partial charge in [0.2, 0.25) is 0 Å². The van der Waals surface area contributed by atoms with Gasteiger partial charge in [0, 0.05) is 10.6 Å². The lowest BCUT2D eigenvalue weighted by Crippen LogP contribution is -2.24. The molecule has 0 radical (unpaired) electrons. The van der Waals surface area contributed by atoms with E-state index in [2.05, 4.69) is 10.5 Å². The maximum atomic E-state index is 12.0.